The molecule has 0 saturated carbocycles. The summed E-state index contributed by atoms with van der Waals surface area (Å²) in [4.78, 5) is 4.43. The van der Waals surface area contributed by atoms with Crippen molar-refractivity contribution in [2.75, 3.05) is 0 Å². The van der Waals surface area contributed by atoms with E-state index in [0.29, 0.717) is 4.47 Å². The molecule has 2 rings (SSSR count). The SMILES string of the molecule is Cc1nc(-c2ccc(Br)c(F)c2)n(C)c1C. The Labute approximate surface area is 102 Å². The first-order chi connectivity index (χ1) is 7.50. The van der Waals surface area contributed by atoms with E-state index in [2.05, 4.69) is 20.9 Å². The number of aryl methyl sites for hydroxylation is 1. The van der Waals surface area contributed by atoms with Gasteiger partial charge < -0.3 is 4.57 Å². The number of hydrogen-bond donors (Lipinski definition) is 0. The number of benzene rings is 1. The molecule has 2 aromatic rings. The van der Waals surface area contributed by atoms with Gasteiger partial charge in [0.2, 0.25) is 0 Å². The molecule has 0 aliphatic heterocycles. The van der Waals surface area contributed by atoms with Crippen molar-refractivity contribution >= 4 is 15.9 Å². The van der Waals surface area contributed by atoms with Gasteiger partial charge in [-0.3, -0.25) is 0 Å². The maximum Gasteiger partial charge on any atom is 0.140 e. The van der Waals surface area contributed by atoms with Gasteiger partial charge in [0.05, 0.1) is 10.2 Å². The Balaban J connectivity index is 2.59. The van der Waals surface area contributed by atoms with Gasteiger partial charge in [-0.1, -0.05) is 0 Å². The lowest BCUT2D eigenvalue weighted by atomic mass is 10.2. The quantitative estimate of drug-likeness (QED) is 0.781. The molecule has 16 heavy (non-hydrogen) atoms. The molecule has 1 heterocycles. The summed E-state index contributed by atoms with van der Waals surface area (Å²) in [6.45, 7) is 3.95. The molecule has 0 aliphatic rings. The molecule has 1 aromatic carbocycles. The average molecular weight is 283 g/mol. The van der Waals surface area contributed by atoms with E-state index in [1.165, 1.54) is 6.07 Å². The van der Waals surface area contributed by atoms with Crippen molar-refractivity contribution in [1.82, 2.24) is 9.55 Å². The predicted molar refractivity (Wildman–Crippen MR) is 65.8 cm³/mol. The van der Waals surface area contributed by atoms with Crippen molar-refractivity contribution in [3.05, 3.63) is 39.9 Å². The summed E-state index contributed by atoms with van der Waals surface area (Å²) in [6, 6.07) is 5.05. The van der Waals surface area contributed by atoms with Crippen molar-refractivity contribution in [3.63, 3.8) is 0 Å². The fraction of sp³-hybridized carbons (Fsp3) is 0.250. The number of aromatic nitrogens is 2. The summed E-state index contributed by atoms with van der Waals surface area (Å²) in [7, 11) is 1.94. The molecule has 0 N–H and O–H groups in total. The Hall–Kier alpha value is -1.16. The summed E-state index contributed by atoms with van der Waals surface area (Å²) < 4.78 is 15.9. The molecular formula is C12H12BrFN2. The third-order valence-electron chi connectivity index (χ3n) is 2.80. The second-order valence-corrected chi connectivity index (χ2v) is 4.65. The standard InChI is InChI=1S/C12H12BrFN2/c1-7-8(2)16(3)12(15-7)9-4-5-10(13)11(14)6-9/h4-6H,1-3H3. The molecule has 84 valence electrons. The highest BCUT2D eigenvalue weighted by molar-refractivity contribution is 9.10. The minimum atomic E-state index is -0.268. The molecule has 0 fully saturated rings. The van der Waals surface area contributed by atoms with Gasteiger partial charge in [0.15, 0.2) is 0 Å². The number of hydrogen-bond acceptors (Lipinski definition) is 1. The molecule has 0 aliphatic carbocycles. The third-order valence-corrected chi connectivity index (χ3v) is 3.44. The summed E-state index contributed by atoms with van der Waals surface area (Å²) in [5, 5.41) is 0. The van der Waals surface area contributed by atoms with E-state index in [1.807, 2.05) is 31.5 Å². The lowest BCUT2D eigenvalue weighted by Crippen LogP contribution is -1.95. The van der Waals surface area contributed by atoms with Crippen LogP contribution in [-0.2, 0) is 7.05 Å². The Morgan fingerprint density at radius 2 is 2.00 bits per heavy atom. The van der Waals surface area contributed by atoms with Gasteiger partial charge in [-0.2, -0.15) is 0 Å². The first-order valence-electron chi connectivity index (χ1n) is 4.96. The van der Waals surface area contributed by atoms with Crippen LogP contribution in [0.4, 0.5) is 4.39 Å². The highest BCUT2D eigenvalue weighted by atomic mass is 79.9. The topological polar surface area (TPSA) is 17.8 Å². The predicted octanol–water partition coefficient (Wildman–Crippen LogP) is 3.61. The Bertz CT molecular complexity index is 546. The average Bonchev–Trinajstić information content (AvgIpc) is 2.50. The Morgan fingerprint density at radius 1 is 1.31 bits per heavy atom. The van der Waals surface area contributed by atoms with E-state index in [4.69, 9.17) is 0 Å². The Kier molecular flexibility index (Phi) is 2.84. The van der Waals surface area contributed by atoms with Crippen molar-refractivity contribution < 1.29 is 4.39 Å². The van der Waals surface area contributed by atoms with E-state index in [1.54, 1.807) is 6.07 Å². The molecule has 0 unspecified atom stereocenters. The van der Waals surface area contributed by atoms with Crippen LogP contribution in [0.1, 0.15) is 11.4 Å². The van der Waals surface area contributed by atoms with Crippen LogP contribution < -0.4 is 0 Å². The van der Waals surface area contributed by atoms with E-state index in [-0.39, 0.29) is 5.82 Å². The maximum absolute atomic E-state index is 13.4. The molecule has 2 nitrogen and oxygen atoms in total. The van der Waals surface area contributed by atoms with Crippen LogP contribution in [0.5, 0.6) is 0 Å². The molecule has 0 atom stereocenters. The van der Waals surface area contributed by atoms with Crippen molar-refractivity contribution in [2.45, 2.75) is 13.8 Å². The van der Waals surface area contributed by atoms with Gasteiger partial charge in [-0.15, -0.1) is 0 Å². The van der Waals surface area contributed by atoms with Gasteiger partial charge in [-0.05, 0) is 48.0 Å². The molecule has 0 bridgehead atoms. The molecular weight excluding hydrogens is 271 g/mol. The molecule has 0 amide bonds. The zero-order valence-corrected chi connectivity index (χ0v) is 11.0. The molecule has 1 aromatic heterocycles. The van der Waals surface area contributed by atoms with Crippen LogP contribution >= 0.6 is 15.9 Å². The number of halogens is 2. The highest BCUT2D eigenvalue weighted by Gasteiger charge is 2.11. The van der Waals surface area contributed by atoms with E-state index >= 15 is 0 Å². The summed E-state index contributed by atoms with van der Waals surface area (Å²) in [5.41, 5.74) is 2.86. The second kappa shape index (κ2) is 4.01. The lowest BCUT2D eigenvalue weighted by Gasteiger charge is -2.04. The van der Waals surface area contributed by atoms with Gasteiger partial charge in [0.1, 0.15) is 11.6 Å². The third kappa shape index (κ3) is 1.78. The van der Waals surface area contributed by atoms with Gasteiger partial charge in [0, 0.05) is 18.3 Å². The van der Waals surface area contributed by atoms with Crippen LogP contribution in [-0.4, -0.2) is 9.55 Å². The van der Waals surface area contributed by atoms with Gasteiger partial charge in [0.25, 0.3) is 0 Å². The fourth-order valence-electron chi connectivity index (χ4n) is 1.61. The molecule has 0 radical (unpaired) electrons. The number of nitrogens with zero attached hydrogens (tertiary/aromatic N) is 2. The minimum absolute atomic E-state index is 0.268. The van der Waals surface area contributed by atoms with Crippen LogP contribution in [0.2, 0.25) is 0 Å². The highest BCUT2D eigenvalue weighted by Crippen LogP contribution is 2.24. The van der Waals surface area contributed by atoms with E-state index in [9.17, 15) is 4.39 Å². The summed E-state index contributed by atoms with van der Waals surface area (Å²) in [5.74, 6) is 0.525. The number of imidazole rings is 1. The molecule has 4 heteroatoms. The lowest BCUT2D eigenvalue weighted by molar-refractivity contribution is 0.621. The number of rotatable bonds is 1. The summed E-state index contributed by atoms with van der Waals surface area (Å²) >= 11 is 3.14. The molecule has 0 saturated heterocycles. The minimum Gasteiger partial charge on any atom is -0.331 e. The van der Waals surface area contributed by atoms with Crippen molar-refractivity contribution in [2.24, 2.45) is 7.05 Å². The smallest absolute Gasteiger partial charge is 0.140 e. The van der Waals surface area contributed by atoms with Gasteiger partial charge in [-0.25, -0.2) is 9.37 Å². The fourth-order valence-corrected chi connectivity index (χ4v) is 1.86. The normalized spacial score (nSPS) is 10.8. The first-order valence-corrected chi connectivity index (χ1v) is 5.75. The largest absolute Gasteiger partial charge is 0.331 e. The van der Waals surface area contributed by atoms with Gasteiger partial charge >= 0.3 is 0 Å². The van der Waals surface area contributed by atoms with Crippen molar-refractivity contribution in [1.29, 1.82) is 0 Å². The van der Waals surface area contributed by atoms with Crippen LogP contribution in [0.25, 0.3) is 11.4 Å². The van der Waals surface area contributed by atoms with Crippen LogP contribution in [0, 0.1) is 19.7 Å². The maximum atomic E-state index is 13.4. The van der Waals surface area contributed by atoms with E-state index < -0.39 is 0 Å². The van der Waals surface area contributed by atoms with Crippen LogP contribution in [0.15, 0.2) is 22.7 Å². The first kappa shape index (κ1) is 11.3. The second-order valence-electron chi connectivity index (χ2n) is 3.79. The zero-order valence-electron chi connectivity index (χ0n) is 9.38. The van der Waals surface area contributed by atoms with E-state index in [0.717, 1.165) is 22.8 Å². The summed E-state index contributed by atoms with van der Waals surface area (Å²) in [6.07, 6.45) is 0. The van der Waals surface area contributed by atoms with Crippen LogP contribution in [0.3, 0.4) is 0 Å². The van der Waals surface area contributed by atoms with Crippen molar-refractivity contribution in [3.8, 4) is 11.4 Å². The molecule has 0 spiro atoms. The Morgan fingerprint density at radius 3 is 2.50 bits per heavy atom. The zero-order chi connectivity index (χ0) is 11.9. The monoisotopic (exact) mass is 282 g/mol.